The quantitative estimate of drug-likeness (QED) is 0.741. The average Bonchev–Trinajstić information content (AvgIpc) is 2.20. The van der Waals surface area contributed by atoms with Gasteiger partial charge in [0.25, 0.3) is 0 Å². The van der Waals surface area contributed by atoms with Crippen molar-refractivity contribution >= 4 is 5.91 Å². The van der Waals surface area contributed by atoms with Gasteiger partial charge in [-0.1, -0.05) is 6.07 Å². The van der Waals surface area contributed by atoms with Crippen LogP contribution in [-0.4, -0.2) is 19.0 Å². The molecular formula is C12H17FN2O. The Balaban J connectivity index is 2.29. The Bertz CT molecular complexity index is 366. The number of carbonyl (C=O) groups is 1. The third kappa shape index (κ3) is 4.40. The van der Waals surface area contributed by atoms with Gasteiger partial charge in [0.2, 0.25) is 5.91 Å². The first-order chi connectivity index (χ1) is 7.59. The molecule has 0 bridgehead atoms. The highest BCUT2D eigenvalue weighted by Gasteiger charge is 1.99. The van der Waals surface area contributed by atoms with Gasteiger partial charge in [-0.3, -0.25) is 4.79 Å². The molecule has 0 radical (unpaired) electrons. The summed E-state index contributed by atoms with van der Waals surface area (Å²) in [6.07, 6.45) is 0. The highest BCUT2D eigenvalue weighted by molar-refractivity contribution is 5.72. The maximum Gasteiger partial charge on any atom is 0.216 e. The molecule has 4 heteroatoms. The van der Waals surface area contributed by atoms with Crippen LogP contribution in [-0.2, 0) is 11.3 Å². The molecule has 16 heavy (non-hydrogen) atoms. The number of aryl methyl sites for hydroxylation is 1. The Morgan fingerprint density at radius 3 is 2.75 bits per heavy atom. The maximum atomic E-state index is 12.8. The second kappa shape index (κ2) is 6.23. The highest BCUT2D eigenvalue weighted by atomic mass is 19.1. The lowest BCUT2D eigenvalue weighted by molar-refractivity contribution is -0.118. The fourth-order valence-corrected chi connectivity index (χ4v) is 1.41. The van der Waals surface area contributed by atoms with Crippen LogP contribution in [0.25, 0.3) is 0 Å². The summed E-state index contributed by atoms with van der Waals surface area (Å²) in [5.41, 5.74) is 2.01. The van der Waals surface area contributed by atoms with E-state index in [4.69, 9.17) is 0 Å². The summed E-state index contributed by atoms with van der Waals surface area (Å²) in [7, 11) is 0. The zero-order chi connectivity index (χ0) is 12.0. The molecule has 0 aliphatic carbocycles. The number of halogens is 1. The van der Waals surface area contributed by atoms with E-state index in [-0.39, 0.29) is 11.7 Å². The minimum Gasteiger partial charge on any atom is -0.355 e. The van der Waals surface area contributed by atoms with Crippen molar-refractivity contribution < 1.29 is 9.18 Å². The molecule has 1 aromatic carbocycles. The number of amides is 1. The molecule has 0 aliphatic heterocycles. The molecule has 0 fully saturated rings. The predicted octanol–water partition coefficient (Wildman–Crippen LogP) is 1.36. The maximum absolute atomic E-state index is 12.8. The fourth-order valence-electron chi connectivity index (χ4n) is 1.41. The first kappa shape index (κ1) is 12.6. The third-order valence-corrected chi connectivity index (χ3v) is 2.30. The van der Waals surface area contributed by atoms with Crippen molar-refractivity contribution in [2.75, 3.05) is 13.1 Å². The second-order valence-electron chi connectivity index (χ2n) is 3.73. The van der Waals surface area contributed by atoms with E-state index in [2.05, 4.69) is 10.6 Å². The molecule has 2 N–H and O–H groups in total. The van der Waals surface area contributed by atoms with Gasteiger partial charge >= 0.3 is 0 Å². The highest BCUT2D eigenvalue weighted by Crippen LogP contribution is 2.09. The smallest absolute Gasteiger partial charge is 0.216 e. The number of nitrogens with one attached hydrogen (secondary N) is 2. The number of hydrogen-bond acceptors (Lipinski definition) is 2. The summed E-state index contributed by atoms with van der Waals surface area (Å²) in [6.45, 7) is 5.37. The molecular weight excluding hydrogens is 207 g/mol. The topological polar surface area (TPSA) is 41.1 Å². The zero-order valence-corrected chi connectivity index (χ0v) is 9.64. The van der Waals surface area contributed by atoms with Crippen LogP contribution in [0.5, 0.6) is 0 Å². The van der Waals surface area contributed by atoms with Crippen molar-refractivity contribution in [3.63, 3.8) is 0 Å². The summed E-state index contributed by atoms with van der Waals surface area (Å²) in [5, 5.41) is 5.87. The van der Waals surface area contributed by atoms with Gasteiger partial charge < -0.3 is 10.6 Å². The van der Waals surface area contributed by atoms with E-state index in [0.29, 0.717) is 19.6 Å². The van der Waals surface area contributed by atoms with Gasteiger partial charge in [-0.15, -0.1) is 0 Å². The summed E-state index contributed by atoms with van der Waals surface area (Å²) >= 11 is 0. The number of benzene rings is 1. The van der Waals surface area contributed by atoms with E-state index in [1.165, 1.54) is 19.1 Å². The largest absolute Gasteiger partial charge is 0.355 e. The van der Waals surface area contributed by atoms with Crippen LogP contribution in [0.3, 0.4) is 0 Å². The Hall–Kier alpha value is -1.42. The van der Waals surface area contributed by atoms with Crippen molar-refractivity contribution in [1.82, 2.24) is 10.6 Å². The predicted molar refractivity (Wildman–Crippen MR) is 61.5 cm³/mol. The van der Waals surface area contributed by atoms with Gasteiger partial charge in [-0.25, -0.2) is 4.39 Å². The zero-order valence-electron chi connectivity index (χ0n) is 9.64. The number of hydrogen-bond donors (Lipinski definition) is 2. The van der Waals surface area contributed by atoms with Crippen LogP contribution in [0.2, 0.25) is 0 Å². The van der Waals surface area contributed by atoms with Gasteiger partial charge in [0.1, 0.15) is 5.82 Å². The van der Waals surface area contributed by atoms with E-state index in [1.54, 1.807) is 6.07 Å². The van der Waals surface area contributed by atoms with Crippen molar-refractivity contribution in [2.45, 2.75) is 20.4 Å². The standard InChI is InChI=1S/C12H17FN2O/c1-9-7-12(13)4-3-11(9)8-14-5-6-15-10(2)16/h3-4,7,14H,5-6,8H2,1-2H3,(H,15,16). The molecule has 0 unspecified atom stereocenters. The Morgan fingerprint density at radius 2 is 2.12 bits per heavy atom. The molecule has 0 aromatic heterocycles. The molecule has 0 spiro atoms. The second-order valence-corrected chi connectivity index (χ2v) is 3.73. The normalized spacial score (nSPS) is 10.2. The van der Waals surface area contributed by atoms with Gasteiger partial charge in [0, 0.05) is 26.6 Å². The lowest BCUT2D eigenvalue weighted by atomic mass is 10.1. The van der Waals surface area contributed by atoms with E-state index < -0.39 is 0 Å². The Morgan fingerprint density at radius 1 is 1.38 bits per heavy atom. The van der Waals surface area contributed by atoms with E-state index in [9.17, 15) is 9.18 Å². The monoisotopic (exact) mass is 224 g/mol. The van der Waals surface area contributed by atoms with E-state index in [1.807, 2.05) is 6.92 Å². The van der Waals surface area contributed by atoms with E-state index >= 15 is 0 Å². The van der Waals surface area contributed by atoms with Gasteiger partial charge in [-0.2, -0.15) is 0 Å². The minimum atomic E-state index is -0.209. The summed E-state index contributed by atoms with van der Waals surface area (Å²) in [6, 6.07) is 4.75. The van der Waals surface area contributed by atoms with Gasteiger partial charge in [0.05, 0.1) is 0 Å². The summed E-state index contributed by atoms with van der Waals surface area (Å²) < 4.78 is 12.8. The Labute approximate surface area is 95.0 Å². The average molecular weight is 224 g/mol. The molecule has 3 nitrogen and oxygen atoms in total. The van der Waals surface area contributed by atoms with Crippen LogP contribution in [0.4, 0.5) is 4.39 Å². The van der Waals surface area contributed by atoms with Gasteiger partial charge in [-0.05, 0) is 30.2 Å². The molecule has 0 saturated heterocycles. The van der Waals surface area contributed by atoms with Crippen LogP contribution in [0.15, 0.2) is 18.2 Å². The first-order valence-corrected chi connectivity index (χ1v) is 5.30. The van der Waals surface area contributed by atoms with Crippen molar-refractivity contribution in [3.05, 3.63) is 35.1 Å². The molecule has 0 heterocycles. The van der Waals surface area contributed by atoms with Crippen LogP contribution >= 0.6 is 0 Å². The molecule has 0 aliphatic rings. The van der Waals surface area contributed by atoms with Gasteiger partial charge in [0.15, 0.2) is 0 Å². The Kier molecular flexibility index (Phi) is 4.92. The minimum absolute atomic E-state index is 0.0280. The van der Waals surface area contributed by atoms with Crippen molar-refractivity contribution in [3.8, 4) is 0 Å². The number of carbonyl (C=O) groups excluding carboxylic acids is 1. The molecule has 1 rings (SSSR count). The van der Waals surface area contributed by atoms with E-state index in [0.717, 1.165) is 11.1 Å². The van der Waals surface area contributed by atoms with Crippen LogP contribution < -0.4 is 10.6 Å². The van der Waals surface area contributed by atoms with Crippen molar-refractivity contribution in [2.24, 2.45) is 0 Å². The molecule has 88 valence electrons. The molecule has 0 saturated carbocycles. The number of rotatable bonds is 5. The molecule has 0 atom stereocenters. The van der Waals surface area contributed by atoms with Crippen LogP contribution in [0.1, 0.15) is 18.1 Å². The fraction of sp³-hybridized carbons (Fsp3) is 0.417. The lowest BCUT2D eigenvalue weighted by Gasteiger charge is -2.08. The van der Waals surface area contributed by atoms with Crippen LogP contribution in [0, 0.1) is 12.7 Å². The lowest BCUT2D eigenvalue weighted by Crippen LogP contribution is -2.30. The summed E-state index contributed by atoms with van der Waals surface area (Å²) in [5.74, 6) is -0.237. The third-order valence-electron chi connectivity index (χ3n) is 2.30. The van der Waals surface area contributed by atoms with Crippen molar-refractivity contribution in [1.29, 1.82) is 0 Å². The molecule has 1 amide bonds. The summed E-state index contributed by atoms with van der Waals surface area (Å²) in [4.78, 5) is 10.6. The SMILES string of the molecule is CC(=O)NCCNCc1ccc(F)cc1C. The first-order valence-electron chi connectivity index (χ1n) is 5.30. The molecule has 1 aromatic rings.